The minimum absolute atomic E-state index is 0.202. The average Bonchev–Trinajstić information content (AvgIpc) is 2.65. The maximum Gasteiger partial charge on any atom is 0.248 e. The predicted molar refractivity (Wildman–Crippen MR) is 107 cm³/mol. The van der Waals surface area contributed by atoms with Gasteiger partial charge in [0.15, 0.2) is 0 Å². The van der Waals surface area contributed by atoms with Gasteiger partial charge in [-0.1, -0.05) is 41.4 Å². The van der Waals surface area contributed by atoms with Crippen LogP contribution < -0.4 is 10.1 Å². The van der Waals surface area contributed by atoms with Crippen LogP contribution in [0.15, 0.2) is 78.9 Å². The third-order valence-electron chi connectivity index (χ3n) is 3.68. The van der Waals surface area contributed by atoms with Gasteiger partial charge in [0.2, 0.25) is 5.91 Å². The van der Waals surface area contributed by atoms with E-state index in [4.69, 9.17) is 16.3 Å². The summed E-state index contributed by atoms with van der Waals surface area (Å²) in [5, 5.41) is 3.48. The number of rotatable bonds is 5. The molecule has 0 aromatic heterocycles. The number of amides is 1. The molecule has 3 nitrogen and oxygen atoms in total. The quantitative estimate of drug-likeness (QED) is 0.557. The van der Waals surface area contributed by atoms with E-state index in [0.717, 1.165) is 11.3 Å². The molecule has 0 spiro atoms. The largest absolute Gasteiger partial charge is 0.457 e. The van der Waals surface area contributed by atoms with E-state index < -0.39 is 0 Å². The molecule has 1 amide bonds. The Balaban J connectivity index is 1.57. The summed E-state index contributed by atoms with van der Waals surface area (Å²) in [6.45, 7) is 2.03. The highest BCUT2D eigenvalue weighted by Gasteiger charge is 2.01. The number of carbonyl (C=O) groups is 1. The standard InChI is InChI=1S/C22H18ClNO2/c1-16-2-11-20(12-3-16)26-21-13-9-19(10-14-21)24-22(25)15-6-17-4-7-18(23)8-5-17/h2-15H,1H3,(H,24,25)/b15-6+. The van der Waals surface area contributed by atoms with Gasteiger partial charge in [-0.3, -0.25) is 4.79 Å². The van der Waals surface area contributed by atoms with Crippen molar-refractivity contribution in [1.29, 1.82) is 0 Å². The van der Waals surface area contributed by atoms with Crippen LogP contribution in [-0.4, -0.2) is 5.91 Å². The van der Waals surface area contributed by atoms with Gasteiger partial charge in [0.05, 0.1) is 0 Å². The Kier molecular flexibility index (Phi) is 5.72. The first-order valence-electron chi connectivity index (χ1n) is 8.18. The first-order valence-corrected chi connectivity index (χ1v) is 8.55. The molecule has 3 aromatic carbocycles. The number of carbonyl (C=O) groups excluding carboxylic acids is 1. The van der Waals surface area contributed by atoms with E-state index in [1.807, 2.05) is 55.5 Å². The van der Waals surface area contributed by atoms with E-state index in [9.17, 15) is 4.79 Å². The number of halogens is 1. The first-order chi connectivity index (χ1) is 12.6. The number of benzene rings is 3. The second-order valence-electron chi connectivity index (χ2n) is 5.81. The predicted octanol–water partition coefficient (Wildman–Crippen LogP) is 6.09. The average molecular weight is 364 g/mol. The van der Waals surface area contributed by atoms with Gasteiger partial charge in [0, 0.05) is 16.8 Å². The van der Waals surface area contributed by atoms with Crippen molar-refractivity contribution in [1.82, 2.24) is 0 Å². The van der Waals surface area contributed by atoms with Gasteiger partial charge in [-0.05, 0) is 67.1 Å². The summed E-state index contributed by atoms with van der Waals surface area (Å²) in [4.78, 5) is 12.0. The van der Waals surface area contributed by atoms with Crippen molar-refractivity contribution in [3.05, 3.63) is 95.0 Å². The summed E-state index contributed by atoms with van der Waals surface area (Å²) < 4.78 is 5.77. The molecular formula is C22H18ClNO2. The normalized spacial score (nSPS) is 10.7. The van der Waals surface area contributed by atoms with Gasteiger partial charge in [-0.25, -0.2) is 0 Å². The molecule has 0 bridgehead atoms. The van der Waals surface area contributed by atoms with Crippen molar-refractivity contribution in [3.8, 4) is 11.5 Å². The van der Waals surface area contributed by atoms with Crippen molar-refractivity contribution in [3.63, 3.8) is 0 Å². The molecule has 0 aliphatic carbocycles. The summed E-state index contributed by atoms with van der Waals surface area (Å²) in [7, 11) is 0. The molecule has 26 heavy (non-hydrogen) atoms. The molecule has 0 heterocycles. The van der Waals surface area contributed by atoms with Gasteiger partial charge < -0.3 is 10.1 Å². The Bertz CT molecular complexity index is 898. The summed E-state index contributed by atoms with van der Waals surface area (Å²) >= 11 is 5.84. The van der Waals surface area contributed by atoms with Gasteiger partial charge in [0.1, 0.15) is 11.5 Å². The lowest BCUT2D eigenvalue weighted by Crippen LogP contribution is -2.07. The molecule has 4 heteroatoms. The Morgan fingerprint density at radius 3 is 2.08 bits per heavy atom. The van der Waals surface area contributed by atoms with Gasteiger partial charge in [-0.15, -0.1) is 0 Å². The third kappa shape index (κ3) is 5.23. The van der Waals surface area contributed by atoms with E-state index in [1.165, 1.54) is 11.6 Å². The van der Waals surface area contributed by atoms with E-state index in [2.05, 4.69) is 5.32 Å². The summed E-state index contributed by atoms with van der Waals surface area (Å²) in [6.07, 6.45) is 3.22. The lowest BCUT2D eigenvalue weighted by molar-refractivity contribution is -0.111. The zero-order chi connectivity index (χ0) is 18.4. The van der Waals surface area contributed by atoms with Crippen molar-refractivity contribution < 1.29 is 9.53 Å². The lowest BCUT2D eigenvalue weighted by Gasteiger charge is -2.07. The van der Waals surface area contributed by atoms with Crippen molar-refractivity contribution in [2.24, 2.45) is 0 Å². The minimum Gasteiger partial charge on any atom is -0.457 e. The number of ether oxygens (including phenoxy) is 1. The fourth-order valence-corrected chi connectivity index (χ4v) is 2.40. The zero-order valence-corrected chi connectivity index (χ0v) is 15.0. The van der Waals surface area contributed by atoms with Crippen molar-refractivity contribution in [2.75, 3.05) is 5.32 Å². The van der Waals surface area contributed by atoms with Crippen LogP contribution in [0, 0.1) is 6.92 Å². The van der Waals surface area contributed by atoms with E-state index >= 15 is 0 Å². The van der Waals surface area contributed by atoms with Gasteiger partial charge in [0.25, 0.3) is 0 Å². The van der Waals surface area contributed by atoms with Crippen molar-refractivity contribution >= 4 is 29.3 Å². The number of aryl methyl sites for hydroxylation is 1. The molecule has 0 aliphatic rings. The SMILES string of the molecule is Cc1ccc(Oc2ccc(NC(=O)/C=C/c3ccc(Cl)cc3)cc2)cc1. The second kappa shape index (κ2) is 8.37. The van der Waals surface area contributed by atoms with Crippen LogP contribution in [0.1, 0.15) is 11.1 Å². The van der Waals surface area contributed by atoms with Gasteiger partial charge >= 0.3 is 0 Å². The number of hydrogen-bond donors (Lipinski definition) is 1. The maximum atomic E-state index is 12.0. The van der Waals surface area contributed by atoms with Crippen LogP contribution in [0.5, 0.6) is 11.5 Å². The van der Waals surface area contributed by atoms with E-state index in [0.29, 0.717) is 16.5 Å². The highest BCUT2D eigenvalue weighted by atomic mass is 35.5. The second-order valence-corrected chi connectivity index (χ2v) is 6.25. The molecule has 0 saturated carbocycles. The fourth-order valence-electron chi connectivity index (χ4n) is 2.28. The smallest absolute Gasteiger partial charge is 0.248 e. The molecule has 1 N–H and O–H groups in total. The minimum atomic E-state index is -0.202. The monoisotopic (exact) mass is 363 g/mol. The Labute approximate surface area is 157 Å². The Morgan fingerprint density at radius 1 is 0.885 bits per heavy atom. The molecule has 0 saturated heterocycles. The van der Waals surface area contributed by atoms with Gasteiger partial charge in [-0.2, -0.15) is 0 Å². The highest BCUT2D eigenvalue weighted by molar-refractivity contribution is 6.30. The Hall–Kier alpha value is -3.04. The van der Waals surface area contributed by atoms with Crippen LogP contribution in [0.2, 0.25) is 5.02 Å². The van der Waals surface area contributed by atoms with Crippen molar-refractivity contribution in [2.45, 2.75) is 6.92 Å². The van der Waals surface area contributed by atoms with Crippen LogP contribution in [-0.2, 0) is 4.79 Å². The lowest BCUT2D eigenvalue weighted by atomic mass is 10.2. The van der Waals surface area contributed by atoms with Crippen LogP contribution in [0.3, 0.4) is 0 Å². The Morgan fingerprint density at radius 2 is 1.46 bits per heavy atom. The first kappa shape index (κ1) is 17.8. The molecule has 0 fully saturated rings. The summed E-state index contributed by atoms with van der Waals surface area (Å²) in [5.74, 6) is 1.29. The number of nitrogens with one attached hydrogen (secondary N) is 1. The number of anilines is 1. The van der Waals surface area contributed by atoms with Crippen LogP contribution in [0.25, 0.3) is 6.08 Å². The van der Waals surface area contributed by atoms with Crippen LogP contribution in [0.4, 0.5) is 5.69 Å². The molecule has 0 atom stereocenters. The third-order valence-corrected chi connectivity index (χ3v) is 3.93. The topological polar surface area (TPSA) is 38.3 Å². The van der Waals surface area contributed by atoms with E-state index in [-0.39, 0.29) is 5.91 Å². The fraction of sp³-hybridized carbons (Fsp3) is 0.0455. The molecule has 0 aliphatic heterocycles. The molecule has 130 valence electrons. The summed E-state index contributed by atoms with van der Waals surface area (Å²) in [6, 6.07) is 22.4. The zero-order valence-electron chi connectivity index (χ0n) is 14.3. The maximum absolute atomic E-state index is 12.0. The highest BCUT2D eigenvalue weighted by Crippen LogP contribution is 2.23. The molecule has 3 rings (SSSR count). The molecular weight excluding hydrogens is 346 g/mol. The van der Waals surface area contributed by atoms with Crippen LogP contribution >= 0.6 is 11.6 Å². The van der Waals surface area contributed by atoms with E-state index in [1.54, 1.807) is 30.3 Å². The molecule has 0 radical (unpaired) electrons. The molecule has 3 aromatic rings. The number of hydrogen-bond acceptors (Lipinski definition) is 2. The molecule has 0 unspecified atom stereocenters. The summed E-state index contributed by atoms with van der Waals surface area (Å²) in [5.41, 5.74) is 2.79.